The molecule has 1 N–H and O–H groups in total. The van der Waals surface area contributed by atoms with Crippen LogP contribution in [0.4, 0.5) is 0 Å². The van der Waals surface area contributed by atoms with Crippen molar-refractivity contribution in [2.75, 3.05) is 0 Å². The van der Waals surface area contributed by atoms with E-state index in [1.807, 2.05) is 50.3 Å². The van der Waals surface area contributed by atoms with Crippen molar-refractivity contribution >= 4 is 6.08 Å². The highest BCUT2D eigenvalue weighted by atomic mass is 16.3. The Kier molecular flexibility index (Phi) is 4.24. The molecule has 0 spiro atoms. The van der Waals surface area contributed by atoms with E-state index in [0.29, 0.717) is 0 Å². The fourth-order valence-corrected chi connectivity index (χ4v) is 2.70. The second kappa shape index (κ2) is 6.49. The van der Waals surface area contributed by atoms with Gasteiger partial charge in [-0.3, -0.25) is 4.98 Å². The SMILES string of the molecule is C/C=C\c1c(-c2ccccc2)cc(-c2ccc(O)cc2)nc1C. The molecule has 0 atom stereocenters. The van der Waals surface area contributed by atoms with E-state index in [-0.39, 0.29) is 5.75 Å². The van der Waals surface area contributed by atoms with Gasteiger partial charge < -0.3 is 5.11 Å². The molecule has 0 amide bonds. The molecule has 114 valence electrons. The third-order valence-electron chi connectivity index (χ3n) is 3.83. The van der Waals surface area contributed by atoms with Crippen molar-refractivity contribution in [3.8, 4) is 28.1 Å². The third kappa shape index (κ3) is 3.16. The number of nitrogens with zero attached hydrogens (tertiary/aromatic N) is 1. The molecule has 3 rings (SSSR count). The van der Waals surface area contributed by atoms with Gasteiger partial charge in [0.05, 0.1) is 5.69 Å². The summed E-state index contributed by atoms with van der Waals surface area (Å²) in [6.07, 6.45) is 4.14. The highest BCUT2D eigenvalue weighted by Crippen LogP contribution is 2.31. The number of allylic oxidation sites excluding steroid dienone is 1. The lowest BCUT2D eigenvalue weighted by atomic mass is 9.96. The molecule has 0 radical (unpaired) electrons. The lowest BCUT2D eigenvalue weighted by Gasteiger charge is -2.13. The summed E-state index contributed by atoms with van der Waals surface area (Å²) in [5.41, 5.74) is 6.38. The van der Waals surface area contributed by atoms with Crippen molar-refractivity contribution in [2.24, 2.45) is 0 Å². The zero-order valence-corrected chi connectivity index (χ0v) is 13.3. The molecule has 23 heavy (non-hydrogen) atoms. The minimum absolute atomic E-state index is 0.263. The van der Waals surface area contributed by atoms with Gasteiger partial charge in [-0.15, -0.1) is 0 Å². The highest BCUT2D eigenvalue weighted by molar-refractivity contribution is 5.80. The molecule has 0 aliphatic rings. The second-order valence-electron chi connectivity index (χ2n) is 5.47. The first-order valence-corrected chi connectivity index (χ1v) is 7.68. The van der Waals surface area contributed by atoms with Crippen LogP contribution in [-0.4, -0.2) is 10.1 Å². The first kappa shape index (κ1) is 15.0. The summed E-state index contributed by atoms with van der Waals surface area (Å²) >= 11 is 0. The molecule has 0 saturated carbocycles. The van der Waals surface area contributed by atoms with Crippen LogP contribution >= 0.6 is 0 Å². The Bertz CT molecular complexity index is 834. The van der Waals surface area contributed by atoms with E-state index in [2.05, 4.69) is 24.3 Å². The van der Waals surface area contributed by atoms with Crippen LogP contribution in [0.1, 0.15) is 18.2 Å². The maximum absolute atomic E-state index is 9.48. The van der Waals surface area contributed by atoms with Crippen molar-refractivity contribution in [3.63, 3.8) is 0 Å². The minimum Gasteiger partial charge on any atom is -0.508 e. The Hall–Kier alpha value is -2.87. The van der Waals surface area contributed by atoms with Gasteiger partial charge >= 0.3 is 0 Å². The summed E-state index contributed by atoms with van der Waals surface area (Å²) in [5.74, 6) is 0.263. The number of rotatable bonds is 3. The molecule has 1 aromatic heterocycles. The average molecular weight is 301 g/mol. The molecular formula is C21H19NO. The summed E-state index contributed by atoms with van der Waals surface area (Å²) in [6, 6.07) is 19.6. The van der Waals surface area contributed by atoms with E-state index in [1.165, 1.54) is 11.1 Å². The van der Waals surface area contributed by atoms with Crippen LogP contribution in [0.3, 0.4) is 0 Å². The maximum Gasteiger partial charge on any atom is 0.115 e. The molecule has 0 bridgehead atoms. The maximum atomic E-state index is 9.48. The molecule has 2 aromatic carbocycles. The van der Waals surface area contributed by atoms with E-state index in [1.54, 1.807) is 12.1 Å². The summed E-state index contributed by atoms with van der Waals surface area (Å²) in [5, 5.41) is 9.48. The van der Waals surface area contributed by atoms with Crippen molar-refractivity contribution in [3.05, 3.63) is 78.0 Å². The van der Waals surface area contributed by atoms with E-state index in [4.69, 9.17) is 4.98 Å². The fraction of sp³-hybridized carbons (Fsp3) is 0.0952. The van der Waals surface area contributed by atoms with Crippen LogP contribution in [0.5, 0.6) is 5.75 Å². The largest absolute Gasteiger partial charge is 0.508 e. The minimum atomic E-state index is 0.263. The first-order chi connectivity index (χ1) is 11.2. The molecule has 0 aliphatic heterocycles. The summed E-state index contributed by atoms with van der Waals surface area (Å²) in [4.78, 5) is 4.74. The van der Waals surface area contributed by atoms with Crippen molar-refractivity contribution in [1.82, 2.24) is 4.98 Å². The molecule has 0 aliphatic carbocycles. The Morgan fingerprint density at radius 2 is 1.61 bits per heavy atom. The van der Waals surface area contributed by atoms with Gasteiger partial charge in [-0.1, -0.05) is 42.5 Å². The average Bonchev–Trinajstić information content (AvgIpc) is 2.58. The van der Waals surface area contributed by atoms with Crippen LogP contribution in [0.2, 0.25) is 0 Å². The van der Waals surface area contributed by atoms with Crippen molar-refractivity contribution in [2.45, 2.75) is 13.8 Å². The number of aromatic hydroxyl groups is 1. The van der Waals surface area contributed by atoms with E-state index >= 15 is 0 Å². The first-order valence-electron chi connectivity index (χ1n) is 7.68. The summed E-state index contributed by atoms with van der Waals surface area (Å²) < 4.78 is 0. The fourth-order valence-electron chi connectivity index (χ4n) is 2.70. The van der Waals surface area contributed by atoms with Gasteiger partial charge in [0.25, 0.3) is 0 Å². The van der Waals surface area contributed by atoms with Gasteiger partial charge in [-0.05, 0) is 55.3 Å². The summed E-state index contributed by atoms with van der Waals surface area (Å²) in [7, 11) is 0. The standard InChI is InChI=1S/C21H19NO/c1-3-7-19-15(2)22-21(17-10-12-18(23)13-11-17)14-20(19)16-8-5-4-6-9-16/h3-14,23H,1-2H3/b7-3-. The molecule has 2 heteroatoms. The number of aromatic nitrogens is 1. The lowest BCUT2D eigenvalue weighted by molar-refractivity contribution is 0.475. The van der Waals surface area contributed by atoms with Gasteiger partial charge in [0.1, 0.15) is 5.75 Å². The predicted molar refractivity (Wildman–Crippen MR) is 96.2 cm³/mol. The molecule has 1 heterocycles. The zero-order chi connectivity index (χ0) is 16.2. The molecule has 2 nitrogen and oxygen atoms in total. The number of hydrogen-bond acceptors (Lipinski definition) is 2. The summed E-state index contributed by atoms with van der Waals surface area (Å²) in [6.45, 7) is 4.05. The van der Waals surface area contributed by atoms with Gasteiger partial charge in [-0.2, -0.15) is 0 Å². The van der Waals surface area contributed by atoms with Crippen LogP contribution in [0.25, 0.3) is 28.5 Å². The molecule has 0 unspecified atom stereocenters. The lowest BCUT2D eigenvalue weighted by Crippen LogP contribution is -1.95. The molecular weight excluding hydrogens is 282 g/mol. The number of hydrogen-bond donors (Lipinski definition) is 1. The Morgan fingerprint density at radius 3 is 2.26 bits per heavy atom. The zero-order valence-electron chi connectivity index (χ0n) is 13.3. The van der Waals surface area contributed by atoms with Gasteiger partial charge in [-0.25, -0.2) is 0 Å². The molecule has 0 fully saturated rings. The third-order valence-corrected chi connectivity index (χ3v) is 3.83. The Balaban J connectivity index is 2.21. The van der Waals surface area contributed by atoms with E-state index in [9.17, 15) is 5.11 Å². The number of pyridine rings is 1. The number of benzene rings is 2. The molecule has 3 aromatic rings. The van der Waals surface area contributed by atoms with Crippen molar-refractivity contribution < 1.29 is 5.11 Å². The van der Waals surface area contributed by atoms with Crippen LogP contribution in [0.15, 0.2) is 66.7 Å². The van der Waals surface area contributed by atoms with E-state index < -0.39 is 0 Å². The predicted octanol–water partition coefficient (Wildman–Crippen LogP) is 5.46. The monoisotopic (exact) mass is 301 g/mol. The van der Waals surface area contributed by atoms with Crippen LogP contribution in [0, 0.1) is 6.92 Å². The van der Waals surface area contributed by atoms with E-state index in [0.717, 1.165) is 22.5 Å². The normalized spacial score (nSPS) is 11.0. The Labute approximate surface area is 136 Å². The van der Waals surface area contributed by atoms with Crippen molar-refractivity contribution in [1.29, 1.82) is 0 Å². The molecule has 0 saturated heterocycles. The number of aryl methyl sites for hydroxylation is 1. The number of phenols is 1. The quantitative estimate of drug-likeness (QED) is 0.696. The van der Waals surface area contributed by atoms with Crippen LogP contribution in [-0.2, 0) is 0 Å². The van der Waals surface area contributed by atoms with Gasteiger partial charge in [0, 0.05) is 16.8 Å². The second-order valence-corrected chi connectivity index (χ2v) is 5.47. The van der Waals surface area contributed by atoms with Gasteiger partial charge in [0.2, 0.25) is 0 Å². The van der Waals surface area contributed by atoms with Gasteiger partial charge in [0.15, 0.2) is 0 Å². The smallest absolute Gasteiger partial charge is 0.115 e. The highest BCUT2D eigenvalue weighted by Gasteiger charge is 2.11. The Morgan fingerprint density at radius 1 is 0.913 bits per heavy atom. The topological polar surface area (TPSA) is 33.1 Å². The van der Waals surface area contributed by atoms with Crippen LogP contribution < -0.4 is 0 Å². The number of phenolic OH excluding ortho intramolecular Hbond substituents is 1.